The van der Waals surface area contributed by atoms with Crippen molar-refractivity contribution in [3.8, 4) is 12.0 Å². The van der Waals surface area contributed by atoms with Gasteiger partial charge in [0.25, 0.3) is 11.1 Å². The summed E-state index contributed by atoms with van der Waals surface area (Å²) in [6.07, 6.45) is 0. The third-order valence-corrected chi connectivity index (χ3v) is 2.94. The van der Waals surface area contributed by atoms with Gasteiger partial charge in [0, 0.05) is 0 Å². The Bertz CT molecular complexity index is 1200. The summed E-state index contributed by atoms with van der Waals surface area (Å²) >= 11 is 0. The summed E-state index contributed by atoms with van der Waals surface area (Å²) in [6, 6.07) is -0.500. The molecule has 14 nitrogen and oxygen atoms in total. The summed E-state index contributed by atoms with van der Waals surface area (Å²) in [7, 11) is 0. The number of nitrogens with one attached hydrogen (secondary N) is 6. The third kappa shape index (κ3) is 2.14. The van der Waals surface area contributed by atoms with Crippen molar-refractivity contribution in [1.82, 2.24) is 39.9 Å². The monoisotopic (exact) mass is 334 g/mol. The van der Waals surface area contributed by atoms with Crippen LogP contribution in [-0.2, 0) is 0 Å². The summed E-state index contributed by atoms with van der Waals surface area (Å²) in [5.74, 6) is 0. The number of imidazole rings is 2. The molecule has 14 heteroatoms. The Kier molecular flexibility index (Phi) is 2.65. The molecule has 0 bridgehead atoms. The molecule has 0 unspecified atom stereocenters. The zero-order valence-corrected chi connectivity index (χ0v) is 11.3. The highest BCUT2D eigenvalue weighted by Gasteiger charge is 2.13. The molecule has 0 radical (unpaired) electrons. The lowest BCUT2D eigenvalue weighted by Crippen LogP contribution is -2.21. The standard InChI is InChI=1S/C10H6N8O6/c19-5-1-3(13-7(21)17-5)15-9(11-1)23-24-10-12-2-4(16-10)14-8(22)18-6(2)20/h(H3,11,13,15,17,19,21)(H3,12,14,16,18,20,22). The first-order chi connectivity index (χ1) is 11.5. The maximum Gasteiger partial charge on any atom is 0.347 e. The van der Waals surface area contributed by atoms with Gasteiger partial charge < -0.3 is 0 Å². The van der Waals surface area contributed by atoms with E-state index in [1.165, 1.54) is 0 Å². The fraction of sp³-hybridized carbons (Fsp3) is 0. The van der Waals surface area contributed by atoms with E-state index in [-0.39, 0.29) is 34.3 Å². The first-order valence-corrected chi connectivity index (χ1v) is 6.29. The molecule has 24 heavy (non-hydrogen) atoms. The van der Waals surface area contributed by atoms with Gasteiger partial charge in [-0.3, -0.25) is 39.5 Å². The number of aromatic amines is 6. The molecule has 0 atom stereocenters. The van der Waals surface area contributed by atoms with Crippen LogP contribution < -0.4 is 32.3 Å². The van der Waals surface area contributed by atoms with Crippen LogP contribution in [-0.4, -0.2) is 39.9 Å². The van der Waals surface area contributed by atoms with Crippen LogP contribution in [0.1, 0.15) is 0 Å². The highest BCUT2D eigenvalue weighted by atomic mass is 17.2. The fourth-order valence-electron chi connectivity index (χ4n) is 1.98. The number of aromatic nitrogens is 8. The molecule has 4 aromatic rings. The summed E-state index contributed by atoms with van der Waals surface area (Å²) in [6.45, 7) is 0. The third-order valence-electron chi connectivity index (χ3n) is 2.94. The minimum atomic E-state index is -0.730. The van der Waals surface area contributed by atoms with E-state index < -0.39 is 22.5 Å². The first kappa shape index (κ1) is 13.6. The summed E-state index contributed by atoms with van der Waals surface area (Å²) < 4.78 is 0. The molecule has 0 aliphatic heterocycles. The highest BCUT2D eigenvalue weighted by Crippen LogP contribution is 2.12. The molecule has 6 N–H and O–H groups in total. The van der Waals surface area contributed by atoms with Crippen molar-refractivity contribution in [2.45, 2.75) is 0 Å². The van der Waals surface area contributed by atoms with E-state index in [1.807, 2.05) is 9.97 Å². The van der Waals surface area contributed by atoms with Crippen LogP contribution in [0.3, 0.4) is 0 Å². The Balaban J connectivity index is 1.65. The van der Waals surface area contributed by atoms with Gasteiger partial charge in [-0.2, -0.15) is 9.97 Å². The molecule has 0 saturated heterocycles. The molecule has 122 valence electrons. The van der Waals surface area contributed by atoms with Gasteiger partial charge in [-0.1, -0.05) is 0 Å². The average molecular weight is 334 g/mol. The molecule has 4 rings (SSSR count). The molecule has 0 amide bonds. The van der Waals surface area contributed by atoms with Gasteiger partial charge >= 0.3 is 23.4 Å². The second-order valence-corrected chi connectivity index (χ2v) is 4.51. The highest BCUT2D eigenvalue weighted by molar-refractivity contribution is 5.70. The molecule has 0 spiro atoms. The van der Waals surface area contributed by atoms with E-state index >= 15 is 0 Å². The normalized spacial score (nSPS) is 11.2. The lowest BCUT2D eigenvalue weighted by atomic mass is 10.5. The van der Waals surface area contributed by atoms with Crippen molar-refractivity contribution in [2.24, 2.45) is 0 Å². The van der Waals surface area contributed by atoms with Crippen molar-refractivity contribution >= 4 is 22.3 Å². The number of nitrogens with zero attached hydrogens (tertiary/aromatic N) is 2. The van der Waals surface area contributed by atoms with Gasteiger partial charge in [-0.15, -0.1) is 0 Å². The fourth-order valence-corrected chi connectivity index (χ4v) is 1.98. The van der Waals surface area contributed by atoms with E-state index in [0.717, 1.165) is 0 Å². The minimum Gasteiger partial charge on any atom is -0.298 e. The van der Waals surface area contributed by atoms with Crippen LogP contribution >= 0.6 is 0 Å². The average Bonchev–Trinajstić information content (AvgIpc) is 3.08. The number of hydrogen-bond acceptors (Lipinski definition) is 8. The van der Waals surface area contributed by atoms with Gasteiger partial charge in [0.2, 0.25) is 0 Å². The van der Waals surface area contributed by atoms with Crippen LogP contribution in [0.15, 0.2) is 19.2 Å². The molecule has 4 heterocycles. The molecule has 4 aromatic heterocycles. The summed E-state index contributed by atoms with van der Waals surface area (Å²) in [4.78, 5) is 76.1. The first-order valence-electron chi connectivity index (χ1n) is 6.29. The SMILES string of the molecule is O=c1[nH]c(=O)c2[nH]c(OOc3nc4[nH]c(=O)[nH]c(=O)c4[nH]3)nc2[nH]1. The molecular weight excluding hydrogens is 328 g/mol. The van der Waals surface area contributed by atoms with E-state index in [9.17, 15) is 19.2 Å². The number of H-pyrrole nitrogens is 6. The Hall–Kier alpha value is -4.10. The van der Waals surface area contributed by atoms with E-state index in [4.69, 9.17) is 9.78 Å². The van der Waals surface area contributed by atoms with Gasteiger partial charge in [0.1, 0.15) is 0 Å². The van der Waals surface area contributed by atoms with E-state index in [1.54, 1.807) is 0 Å². The van der Waals surface area contributed by atoms with Crippen molar-refractivity contribution in [1.29, 1.82) is 0 Å². The van der Waals surface area contributed by atoms with Crippen molar-refractivity contribution in [3.63, 3.8) is 0 Å². The lowest BCUT2D eigenvalue weighted by molar-refractivity contribution is -0.115. The Morgan fingerprint density at radius 2 is 1.00 bits per heavy atom. The van der Waals surface area contributed by atoms with Crippen molar-refractivity contribution < 1.29 is 9.78 Å². The van der Waals surface area contributed by atoms with Crippen molar-refractivity contribution in [3.05, 3.63) is 41.7 Å². The van der Waals surface area contributed by atoms with Crippen LogP contribution in [0.2, 0.25) is 0 Å². The smallest absolute Gasteiger partial charge is 0.298 e. The van der Waals surface area contributed by atoms with Gasteiger partial charge in [-0.05, 0) is 0 Å². The van der Waals surface area contributed by atoms with Gasteiger partial charge in [-0.25, -0.2) is 19.4 Å². The Morgan fingerprint density at radius 1 is 0.583 bits per heavy atom. The summed E-state index contributed by atoms with van der Waals surface area (Å²) in [5, 5.41) is 0. The number of hydrogen-bond donors (Lipinski definition) is 6. The molecular formula is C10H6N8O6. The van der Waals surface area contributed by atoms with E-state index in [2.05, 4.69) is 29.9 Å². The second kappa shape index (κ2) is 4.70. The Morgan fingerprint density at radius 3 is 1.42 bits per heavy atom. The maximum absolute atomic E-state index is 11.5. The molecule has 0 saturated carbocycles. The quantitative estimate of drug-likeness (QED) is 0.175. The molecule has 0 fully saturated rings. The van der Waals surface area contributed by atoms with Crippen LogP contribution in [0.4, 0.5) is 0 Å². The lowest BCUT2D eigenvalue weighted by Gasteiger charge is -1.96. The van der Waals surface area contributed by atoms with Crippen LogP contribution in [0.5, 0.6) is 12.0 Å². The minimum absolute atomic E-state index is 0.0291. The molecule has 0 aliphatic carbocycles. The Labute approximate surface area is 126 Å². The maximum atomic E-state index is 11.5. The van der Waals surface area contributed by atoms with Crippen LogP contribution in [0, 0.1) is 0 Å². The zero-order valence-electron chi connectivity index (χ0n) is 11.3. The summed E-state index contributed by atoms with van der Waals surface area (Å²) in [5.41, 5.74) is -2.97. The van der Waals surface area contributed by atoms with Crippen molar-refractivity contribution in [2.75, 3.05) is 0 Å². The molecule has 0 aliphatic rings. The van der Waals surface area contributed by atoms with Crippen LogP contribution in [0.25, 0.3) is 22.3 Å². The largest absolute Gasteiger partial charge is 0.347 e. The predicted octanol–water partition coefficient (Wildman–Crippen LogP) is -2.43. The second-order valence-electron chi connectivity index (χ2n) is 4.51. The van der Waals surface area contributed by atoms with Gasteiger partial charge in [0.15, 0.2) is 22.3 Å². The topological polar surface area (TPSA) is 207 Å². The number of rotatable bonds is 3. The van der Waals surface area contributed by atoms with E-state index in [0.29, 0.717) is 0 Å². The predicted molar refractivity (Wildman–Crippen MR) is 75.9 cm³/mol. The zero-order chi connectivity index (χ0) is 16.8. The number of fused-ring (bicyclic) bond motifs is 2. The molecule has 0 aromatic carbocycles. The van der Waals surface area contributed by atoms with Gasteiger partial charge in [0.05, 0.1) is 0 Å².